The van der Waals surface area contributed by atoms with Crippen LogP contribution in [0.25, 0.3) is 0 Å². The lowest BCUT2D eigenvalue weighted by Crippen LogP contribution is -2.07. The molecule has 1 fully saturated rings. The molecule has 15 heavy (non-hydrogen) atoms. The van der Waals surface area contributed by atoms with E-state index in [2.05, 4.69) is 5.10 Å². The molecule has 1 aromatic rings. The van der Waals surface area contributed by atoms with E-state index in [4.69, 9.17) is 10.5 Å². The van der Waals surface area contributed by atoms with Crippen molar-refractivity contribution < 1.29 is 13.5 Å². The number of halogens is 2. The second kappa shape index (κ2) is 4.14. The lowest BCUT2D eigenvalue weighted by Gasteiger charge is -2.01. The Bertz CT molecular complexity index is 336. The van der Waals surface area contributed by atoms with Crippen LogP contribution in [0.5, 0.6) is 5.88 Å². The van der Waals surface area contributed by atoms with Crippen LogP contribution >= 0.6 is 0 Å². The predicted octanol–water partition coefficient (Wildman–Crippen LogP) is 1.15. The minimum absolute atomic E-state index is 0.199. The number of nitrogens with zero attached hydrogens (tertiary/aromatic N) is 2. The Balaban J connectivity index is 2.08. The summed E-state index contributed by atoms with van der Waals surface area (Å²) in [6.07, 6.45) is 1.32. The fraction of sp³-hybridized carbons (Fsp3) is 0.667. The van der Waals surface area contributed by atoms with E-state index in [1.54, 1.807) is 0 Å². The number of nitrogens with two attached hydrogens (primary N) is 1. The number of rotatable bonds is 5. The minimum Gasteiger partial charge on any atom is -0.473 e. The van der Waals surface area contributed by atoms with Gasteiger partial charge in [0.2, 0.25) is 5.88 Å². The van der Waals surface area contributed by atoms with Gasteiger partial charge in [0, 0.05) is 18.3 Å². The highest BCUT2D eigenvalue weighted by Crippen LogP contribution is 2.27. The van der Waals surface area contributed by atoms with Crippen molar-refractivity contribution >= 4 is 0 Å². The van der Waals surface area contributed by atoms with Crippen LogP contribution in [0.2, 0.25) is 0 Å². The average Bonchev–Trinajstić information content (AvgIpc) is 2.88. The fourth-order valence-corrected chi connectivity index (χ4v) is 1.26. The molecule has 0 unspecified atom stereocenters. The first-order valence-electron chi connectivity index (χ1n) is 4.90. The van der Waals surface area contributed by atoms with Gasteiger partial charge in [-0.3, -0.25) is 4.68 Å². The Labute approximate surface area is 86.0 Å². The van der Waals surface area contributed by atoms with Gasteiger partial charge >= 0.3 is 0 Å². The van der Waals surface area contributed by atoms with Crippen molar-refractivity contribution in [3.8, 4) is 5.88 Å². The Kier molecular flexibility index (Phi) is 2.86. The van der Waals surface area contributed by atoms with Crippen molar-refractivity contribution in [3.63, 3.8) is 0 Å². The second-order valence-electron chi connectivity index (χ2n) is 3.59. The highest BCUT2D eigenvalue weighted by Gasteiger charge is 2.26. The normalized spacial score (nSPS) is 16.0. The van der Waals surface area contributed by atoms with E-state index in [1.807, 2.05) is 0 Å². The Morgan fingerprint density at radius 3 is 2.87 bits per heavy atom. The van der Waals surface area contributed by atoms with Crippen molar-refractivity contribution in [1.29, 1.82) is 0 Å². The minimum atomic E-state index is -2.41. The van der Waals surface area contributed by atoms with Gasteiger partial charge in [0.1, 0.15) is 12.6 Å². The summed E-state index contributed by atoms with van der Waals surface area (Å²) in [7, 11) is 0. The first kappa shape index (κ1) is 10.4. The highest BCUT2D eigenvalue weighted by atomic mass is 19.3. The van der Waals surface area contributed by atoms with Crippen LogP contribution in [0.15, 0.2) is 6.20 Å². The largest absolute Gasteiger partial charge is 0.473 e. The third kappa shape index (κ3) is 2.65. The van der Waals surface area contributed by atoms with E-state index in [9.17, 15) is 8.78 Å². The molecule has 1 saturated carbocycles. The van der Waals surface area contributed by atoms with Gasteiger partial charge in [-0.25, -0.2) is 8.78 Å². The molecule has 2 N–H and O–H groups in total. The summed E-state index contributed by atoms with van der Waals surface area (Å²) in [6.45, 7) is -0.160. The van der Waals surface area contributed by atoms with Gasteiger partial charge in [-0.1, -0.05) is 0 Å². The third-order valence-corrected chi connectivity index (χ3v) is 2.15. The maximum atomic E-state index is 12.1. The van der Waals surface area contributed by atoms with E-state index >= 15 is 0 Å². The molecule has 6 heteroatoms. The molecule has 0 aromatic carbocycles. The summed E-state index contributed by atoms with van der Waals surface area (Å²) in [6, 6.07) is 0. The van der Waals surface area contributed by atoms with Crippen LogP contribution in [0.4, 0.5) is 8.78 Å². The van der Waals surface area contributed by atoms with Gasteiger partial charge in [0.15, 0.2) is 0 Å². The summed E-state index contributed by atoms with van der Waals surface area (Å²) in [4.78, 5) is 0. The zero-order valence-electron chi connectivity index (χ0n) is 8.20. The highest BCUT2D eigenvalue weighted by molar-refractivity contribution is 5.23. The summed E-state index contributed by atoms with van der Waals surface area (Å²) in [5.41, 5.74) is 6.15. The molecule has 1 heterocycles. The number of aromatic nitrogens is 2. The molecule has 84 valence electrons. The van der Waals surface area contributed by atoms with Crippen LogP contribution in [0.1, 0.15) is 18.4 Å². The number of hydrogen-bond donors (Lipinski definition) is 1. The van der Waals surface area contributed by atoms with E-state index in [1.165, 1.54) is 10.9 Å². The predicted molar refractivity (Wildman–Crippen MR) is 49.8 cm³/mol. The van der Waals surface area contributed by atoms with Crippen LogP contribution in [0.3, 0.4) is 0 Å². The van der Waals surface area contributed by atoms with Crippen molar-refractivity contribution in [2.75, 3.05) is 0 Å². The average molecular weight is 217 g/mol. The quantitative estimate of drug-likeness (QED) is 0.804. The lowest BCUT2D eigenvalue weighted by atomic mass is 10.3. The molecule has 0 bridgehead atoms. The zero-order valence-corrected chi connectivity index (χ0v) is 8.20. The molecule has 0 saturated heterocycles. The van der Waals surface area contributed by atoms with E-state index in [0.717, 1.165) is 12.8 Å². The molecule has 2 rings (SSSR count). The molecule has 0 atom stereocenters. The van der Waals surface area contributed by atoms with E-state index in [-0.39, 0.29) is 12.6 Å². The standard InChI is InChI=1S/C9H13F2N3O/c10-8(11)5-14-4-6(3-12)9(13-14)15-7-1-2-7/h4,7-8H,1-3,5,12H2. The molecule has 0 amide bonds. The van der Waals surface area contributed by atoms with Gasteiger partial charge < -0.3 is 10.5 Å². The first-order valence-corrected chi connectivity index (χ1v) is 4.90. The maximum Gasteiger partial charge on any atom is 0.257 e. The molecule has 0 spiro atoms. The monoisotopic (exact) mass is 217 g/mol. The summed E-state index contributed by atoms with van der Waals surface area (Å²) < 4.78 is 30.9. The van der Waals surface area contributed by atoms with Crippen molar-refractivity contribution in [3.05, 3.63) is 11.8 Å². The Morgan fingerprint density at radius 1 is 1.60 bits per heavy atom. The molecule has 0 aliphatic heterocycles. The van der Waals surface area contributed by atoms with Gasteiger partial charge in [-0.2, -0.15) is 0 Å². The van der Waals surface area contributed by atoms with Gasteiger partial charge in [-0.15, -0.1) is 5.10 Å². The summed E-state index contributed by atoms with van der Waals surface area (Å²) in [5.74, 6) is 0.403. The molecule has 4 nitrogen and oxygen atoms in total. The molecular formula is C9H13F2N3O. The first-order chi connectivity index (χ1) is 7.19. The SMILES string of the molecule is NCc1cn(CC(F)F)nc1OC1CC1. The van der Waals surface area contributed by atoms with E-state index in [0.29, 0.717) is 11.4 Å². The van der Waals surface area contributed by atoms with Gasteiger partial charge in [0.25, 0.3) is 6.43 Å². The number of hydrogen-bond acceptors (Lipinski definition) is 3. The molecule has 0 radical (unpaired) electrons. The summed E-state index contributed by atoms with van der Waals surface area (Å²) >= 11 is 0. The van der Waals surface area contributed by atoms with Crippen molar-refractivity contribution in [1.82, 2.24) is 9.78 Å². The van der Waals surface area contributed by atoms with Crippen LogP contribution in [-0.4, -0.2) is 22.3 Å². The maximum absolute atomic E-state index is 12.1. The van der Waals surface area contributed by atoms with Gasteiger partial charge in [-0.05, 0) is 12.8 Å². The Hall–Kier alpha value is -1.17. The second-order valence-corrected chi connectivity index (χ2v) is 3.59. The molecular weight excluding hydrogens is 204 g/mol. The van der Waals surface area contributed by atoms with Crippen molar-refractivity contribution in [2.24, 2.45) is 5.73 Å². The lowest BCUT2D eigenvalue weighted by molar-refractivity contribution is 0.121. The number of alkyl halides is 2. The molecule has 1 aliphatic rings. The molecule has 1 aliphatic carbocycles. The number of ether oxygens (including phenoxy) is 1. The smallest absolute Gasteiger partial charge is 0.257 e. The third-order valence-electron chi connectivity index (χ3n) is 2.15. The Morgan fingerprint density at radius 2 is 2.33 bits per heavy atom. The van der Waals surface area contributed by atoms with Crippen LogP contribution in [0, 0.1) is 0 Å². The fourth-order valence-electron chi connectivity index (χ4n) is 1.26. The van der Waals surface area contributed by atoms with Crippen molar-refractivity contribution in [2.45, 2.75) is 38.5 Å². The summed E-state index contributed by atoms with van der Waals surface area (Å²) in [5, 5.41) is 3.94. The molecule has 1 aromatic heterocycles. The van der Waals surface area contributed by atoms with Gasteiger partial charge in [0.05, 0.1) is 0 Å². The topological polar surface area (TPSA) is 53.1 Å². The van der Waals surface area contributed by atoms with Crippen LogP contribution in [-0.2, 0) is 13.1 Å². The van der Waals surface area contributed by atoms with Crippen LogP contribution < -0.4 is 10.5 Å². The zero-order chi connectivity index (χ0) is 10.8. The van der Waals surface area contributed by atoms with E-state index < -0.39 is 13.0 Å².